The maximum Gasteiger partial charge on any atom is 1.00 e. The van der Waals surface area contributed by atoms with Crippen LogP contribution in [-0.4, -0.2) is 58.6 Å². The lowest BCUT2D eigenvalue weighted by Gasteiger charge is -2.10. The summed E-state index contributed by atoms with van der Waals surface area (Å²) in [5.41, 5.74) is 2.29. The summed E-state index contributed by atoms with van der Waals surface area (Å²) in [7, 11) is -4.92. The molecule has 0 aliphatic carbocycles. The molecule has 1 rings (SSSR count). The second kappa shape index (κ2) is 12.5. The minimum Gasteiger partial charge on any atom is -0.726 e. The summed E-state index contributed by atoms with van der Waals surface area (Å²) in [6.45, 7) is 4.69. The van der Waals surface area contributed by atoms with Crippen LogP contribution in [0.15, 0.2) is 0 Å². The van der Waals surface area contributed by atoms with Crippen molar-refractivity contribution in [2.24, 2.45) is 0 Å². The van der Waals surface area contributed by atoms with Crippen LogP contribution in [-0.2, 0) is 15.2 Å². The molecular weight excluding hydrogens is 366 g/mol. The molecule has 0 aliphatic rings. The van der Waals surface area contributed by atoms with Crippen molar-refractivity contribution >= 4 is 28.2 Å². The summed E-state index contributed by atoms with van der Waals surface area (Å²) in [4.78, 5) is 16.8. The number of alkyl halides is 2. The van der Waals surface area contributed by atoms with E-state index in [0.29, 0.717) is 25.0 Å². The number of aromatic nitrogens is 3. The van der Waals surface area contributed by atoms with E-state index in [1.807, 2.05) is 13.8 Å². The Morgan fingerprint density at radius 2 is 1.52 bits per heavy atom. The molecule has 0 saturated heterocycles. The molecule has 0 amide bonds. The van der Waals surface area contributed by atoms with Crippen LogP contribution in [0.4, 0.5) is 26.6 Å². The number of anilines is 3. The van der Waals surface area contributed by atoms with Gasteiger partial charge in [-0.3, -0.25) is 9.39 Å². The molecule has 146 valence electrons. The van der Waals surface area contributed by atoms with Gasteiger partial charge in [0.2, 0.25) is 22.3 Å². The van der Waals surface area contributed by atoms with Gasteiger partial charge in [-0.05, 0) is 12.8 Å². The number of rotatable bonds is 10. The first-order chi connectivity index (χ1) is 11.7. The highest BCUT2D eigenvalue weighted by Crippen LogP contribution is 2.09. The van der Waals surface area contributed by atoms with Crippen LogP contribution < -0.4 is 16.1 Å². The molecule has 4 N–H and O–H groups in total. The molecule has 0 bridgehead atoms. The second-order valence-electron chi connectivity index (χ2n) is 4.39. The van der Waals surface area contributed by atoms with Crippen molar-refractivity contribution < 1.29 is 32.6 Å². The molecule has 1 aromatic heterocycles. The topological polar surface area (TPSA) is 161 Å². The Bertz CT molecular complexity index is 564. The molecule has 0 aromatic carbocycles. The highest BCUT2D eigenvalue weighted by molar-refractivity contribution is 7.79. The van der Waals surface area contributed by atoms with Gasteiger partial charge in [-0.1, -0.05) is 13.8 Å². The SMILES string of the molecule is CCCNc1nc(NCCC)nc(NOCC(F)F)n1.O=S(=O)([O-])O.[H+]. The molecule has 0 radical (unpaired) electrons. The van der Waals surface area contributed by atoms with Gasteiger partial charge in [-0.15, -0.1) is 0 Å². The van der Waals surface area contributed by atoms with E-state index < -0.39 is 23.4 Å². The van der Waals surface area contributed by atoms with Crippen molar-refractivity contribution in [3.63, 3.8) is 0 Å². The van der Waals surface area contributed by atoms with Gasteiger partial charge in [0.25, 0.3) is 12.4 Å². The van der Waals surface area contributed by atoms with Crippen LogP contribution in [0.25, 0.3) is 0 Å². The summed E-state index contributed by atoms with van der Waals surface area (Å²) in [5, 5.41) is 6.01. The Kier molecular flexibility index (Phi) is 11.5. The Morgan fingerprint density at radius 3 is 1.88 bits per heavy atom. The minimum atomic E-state index is -4.92. The van der Waals surface area contributed by atoms with Crippen LogP contribution in [0.1, 0.15) is 28.1 Å². The van der Waals surface area contributed by atoms with E-state index in [2.05, 4.69) is 35.9 Å². The molecule has 0 fully saturated rings. The molecule has 25 heavy (non-hydrogen) atoms. The largest absolute Gasteiger partial charge is 1.00 e. The van der Waals surface area contributed by atoms with Crippen LogP contribution in [0, 0.1) is 0 Å². The van der Waals surface area contributed by atoms with Crippen molar-refractivity contribution in [1.29, 1.82) is 0 Å². The molecule has 0 unspecified atom stereocenters. The third kappa shape index (κ3) is 15.4. The third-order valence-corrected chi connectivity index (χ3v) is 2.07. The quantitative estimate of drug-likeness (QED) is 0.259. The number of hydrogen-bond acceptors (Lipinski definition) is 10. The van der Waals surface area contributed by atoms with Crippen molar-refractivity contribution in [3.05, 3.63) is 0 Å². The molecule has 1 aromatic rings. The van der Waals surface area contributed by atoms with E-state index in [1.165, 1.54) is 0 Å². The summed E-state index contributed by atoms with van der Waals surface area (Å²) < 4.78 is 56.8. The lowest BCUT2D eigenvalue weighted by atomic mass is 10.5. The number of halogens is 2. The standard InChI is InChI=1S/C11H20F2N6O.H2O4S/c1-3-5-14-9-16-10(15-6-4-2)18-11(17-9)19-20-7-8(12)13;1-5(2,3)4/h8H,3-7H2,1-2H3,(H3,14,15,16,17,18,19);(H2,1,2,3,4). The van der Waals surface area contributed by atoms with Gasteiger partial charge in [-0.25, -0.2) is 22.7 Å². The smallest absolute Gasteiger partial charge is 0.726 e. The van der Waals surface area contributed by atoms with Crippen molar-refractivity contribution in [2.45, 2.75) is 33.1 Å². The van der Waals surface area contributed by atoms with Crippen molar-refractivity contribution in [3.8, 4) is 0 Å². The van der Waals surface area contributed by atoms with Crippen LogP contribution >= 0.6 is 0 Å². The molecule has 1 heterocycles. The fraction of sp³-hybridized carbons (Fsp3) is 0.727. The van der Waals surface area contributed by atoms with Crippen LogP contribution in [0.5, 0.6) is 0 Å². The average molecular weight is 388 g/mol. The van der Waals surface area contributed by atoms with E-state index in [4.69, 9.17) is 17.5 Å². The monoisotopic (exact) mass is 388 g/mol. The van der Waals surface area contributed by atoms with E-state index >= 15 is 0 Å². The van der Waals surface area contributed by atoms with E-state index in [-0.39, 0.29) is 7.37 Å². The predicted molar refractivity (Wildman–Crippen MR) is 86.4 cm³/mol. The van der Waals surface area contributed by atoms with Gasteiger partial charge in [0, 0.05) is 13.1 Å². The Balaban J connectivity index is 0. The van der Waals surface area contributed by atoms with Gasteiger partial charge in [-0.2, -0.15) is 15.0 Å². The van der Waals surface area contributed by atoms with Gasteiger partial charge >= 0.3 is 1.43 Å². The van der Waals surface area contributed by atoms with Crippen LogP contribution in [0.3, 0.4) is 0 Å². The maximum atomic E-state index is 12.0. The maximum absolute atomic E-state index is 12.0. The Hall–Kier alpha value is -1.90. The molecule has 14 heteroatoms. The first-order valence-electron chi connectivity index (χ1n) is 7.23. The summed E-state index contributed by atoms with van der Waals surface area (Å²) in [6, 6.07) is 0. The Labute approximate surface area is 145 Å². The zero-order valence-corrected chi connectivity index (χ0v) is 14.5. The van der Waals surface area contributed by atoms with E-state index in [0.717, 1.165) is 12.8 Å². The average Bonchev–Trinajstić information content (AvgIpc) is 2.49. The zero-order chi connectivity index (χ0) is 19.3. The highest BCUT2D eigenvalue weighted by atomic mass is 32.3. The first kappa shape index (κ1) is 23.1. The second-order valence-corrected chi connectivity index (χ2v) is 5.25. The lowest BCUT2D eigenvalue weighted by Crippen LogP contribution is -2.15. The Morgan fingerprint density at radius 1 is 1.12 bits per heavy atom. The molecule has 0 spiro atoms. The minimum absolute atomic E-state index is 0. The summed E-state index contributed by atoms with van der Waals surface area (Å²) in [6.07, 6.45) is -0.734. The number of nitrogens with one attached hydrogen (secondary N) is 3. The van der Waals surface area contributed by atoms with Crippen molar-refractivity contribution in [2.75, 3.05) is 35.8 Å². The molecule has 0 aliphatic heterocycles. The normalized spacial score (nSPS) is 10.8. The van der Waals surface area contributed by atoms with Gasteiger partial charge in [0.05, 0.1) is 0 Å². The van der Waals surface area contributed by atoms with E-state index in [9.17, 15) is 8.78 Å². The van der Waals surface area contributed by atoms with Gasteiger partial charge < -0.3 is 15.2 Å². The fourth-order valence-corrected chi connectivity index (χ4v) is 1.22. The predicted octanol–water partition coefficient (Wildman–Crippen LogP) is 1.24. The van der Waals surface area contributed by atoms with Gasteiger partial charge in [0.1, 0.15) is 6.61 Å². The van der Waals surface area contributed by atoms with Gasteiger partial charge in [0.15, 0.2) is 0 Å². The van der Waals surface area contributed by atoms with Crippen molar-refractivity contribution in [1.82, 2.24) is 15.0 Å². The number of nitrogens with zero attached hydrogens (tertiary/aromatic N) is 3. The zero-order valence-electron chi connectivity index (χ0n) is 14.7. The summed E-state index contributed by atoms with van der Waals surface area (Å²) >= 11 is 0. The fourth-order valence-electron chi connectivity index (χ4n) is 1.22. The first-order valence-corrected chi connectivity index (χ1v) is 8.60. The third-order valence-electron chi connectivity index (χ3n) is 2.07. The molecule has 11 nitrogen and oxygen atoms in total. The molecule has 0 atom stereocenters. The van der Waals surface area contributed by atoms with E-state index in [1.54, 1.807) is 0 Å². The number of hydrogen-bond donors (Lipinski definition) is 4. The molecular formula is C11H22F2N6O5S. The molecule has 0 saturated carbocycles. The summed E-state index contributed by atoms with van der Waals surface area (Å²) in [5.74, 6) is 0.810. The highest BCUT2D eigenvalue weighted by Gasteiger charge is 2.07. The van der Waals surface area contributed by atoms with Crippen LogP contribution in [0.2, 0.25) is 0 Å². The lowest BCUT2D eigenvalue weighted by molar-refractivity contribution is 0.0404.